The summed E-state index contributed by atoms with van der Waals surface area (Å²) in [6, 6.07) is 15.1. The molecule has 3 aromatic rings. The van der Waals surface area contributed by atoms with Gasteiger partial charge in [0.1, 0.15) is 18.2 Å². The Morgan fingerprint density at radius 1 is 1.21 bits per heavy atom. The van der Waals surface area contributed by atoms with E-state index >= 15 is 0 Å². The van der Waals surface area contributed by atoms with Crippen LogP contribution in [0.15, 0.2) is 67.3 Å². The fraction of sp³-hybridized carbons (Fsp3) is 0.452. The number of ether oxygens (including phenoxy) is 1. The van der Waals surface area contributed by atoms with E-state index in [2.05, 4.69) is 16.9 Å². The third-order valence-electron chi connectivity index (χ3n) is 9.07. The summed E-state index contributed by atoms with van der Waals surface area (Å²) in [7, 11) is 0. The second-order valence-corrected chi connectivity index (χ2v) is 13.3. The Labute approximate surface area is 248 Å². The van der Waals surface area contributed by atoms with Crippen LogP contribution < -0.4 is 0 Å². The third-order valence-corrected chi connectivity index (χ3v) is 11.1. The standard InChI is InChI=1S/C31H35N5O5S/c1-4-17-34(19-35-22-14-10-9-13-21(22)32-33-35)28(39)26-31-16-15-30(3,42-31)25(29(40)41-5-2)24(31)27(38)36(26)23(18-37)20-11-7-6-8-12-20/h4,6-14,23-26,37H,1,5,15-19H2,2-3H3/t23-,24+,25-,26?,30+,31?/m1/s1. The van der Waals surface area contributed by atoms with Gasteiger partial charge < -0.3 is 19.6 Å². The van der Waals surface area contributed by atoms with Gasteiger partial charge in [0.2, 0.25) is 11.8 Å². The number of aromatic nitrogens is 3. The fourth-order valence-electron chi connectivity index (χ4n) is 7.33. The van der Waals surface area contributed by atoms with Crippen LogP contribution in [0.2, 0.25) is 0 Å². The van der Waals surface area contributed by atoms with Crippen LogP contribution in [0.5, 0.6) is 0 Å². The predicted octanol–water partition coefficient (Wildman–Crippen LogP) is 3.18. The molecule has 1 aromatic heterocycles. The van der Waals surface area contributed by atoms with Crippen molar-refractivity contribution >= 4 is 40.6 Å². The zero-order chi connectivity index (χ0) is 29.6. The maximum Gasteiger partial charge on any atom is 0.311 e. The number of fused-ring (bicyclic) bond motifs is 2. The Bertz CT molecular complexity index is 1530. The number of carbonyl (C=O) groups is 3. The van der Waals surface area contributed by atoms with Gasteiger partial charge in [-0.1, -0.05) is 53.8 Å². The molecule has 6 atom stereocenters. The smallest absolute Gasteiger partial charge is 0.311 e. The molecule has 0 saturated carbocycles. The molecule has 3 aliphatic heterocycles. The summed E-state index contributed by atoms with van der Waals surface area (Å²) in [5.74, 6) is -2.41. The molecule has 0 radical (unpaired) electrons. The molecule has 3 saturated heterocycles. The summed E-state index contributed by atoms with van der Waals surface area (Å²) >= 11 is 1.57. The van der Waals surface area contributed by atoms with Crippen molar-refractivity contribution in [2.75, 3.05) is 19.8 Å². The molecule has 1 spiro atoms. The number of likely N-dealkylation sites (tertiary alicyclic amines) is 1. The average Bonchev–Trinajstić information content (AvgIpc) is 3.70. The Balaban J connectivity index is 1.46. The van der Waals surface area contributed by atoms with E-state index in [1.165, 1.54) is 0 Å². The van der Waals surface area contributed by atoms with Crippen molar-refractivity contribution < 1.29 is 24.2 Å². The lowest BCUT2D eigenvalue weighted by Crippen LogP contribution is -2.55. The van der Waals surface area contributed by atoms with Gasteiger partial charge in [0.15, 0.2) is 0 Å². The summed E-state index contributed by atoms with van der Waals surface area (Å²) in [4.78, 5) is 46.0. The molecule has 10 nitrogen and oxygen atoms in total. The molecule has 220 valence electrons. The van der Waals surface area contributed by atoms with Crippen LogP contribution in [0.4, 0.5) is 0 Å². The Kier molecular flexibility index (Phi) is 7.34. The van der Waals surface area contributed by atoms with Gasteiger partial charge in [-0.3, -0.25) is 14.4 Å². The van der Waals surface area contributed by atoms with E-state index in [-0.39, 0.29) is 38.2 Å². The lowest BCUT2D eigenvalue weighted by Gasteiger charge is -2.39. The minimum absolute atomic E-state index is 0.100. The van der Waals surface area contributed by atoms with E-state index in [1.807, 2.05) is 61.5 Å². The number of thioether (sulfide) groups is 1. The molecule has 11 heteroatoms. The van der Waals surface area contributed by atoms with Crippen molar-refractivity contribution in [1.29, 1.82) is 0 Å². The quantitative estimate of drug-likeness (QED) is 0.283. The SMILES string of the molecule is C=CCN(Cn1nnc2ccccc21)C(=O)C1N([C@H](CO)c2ccccc2)C(=O)[C@@H]2[C@H](C(=O)OCC)[C@]3(C)CCC12S3. The van der Waals surface area contributed by atoms with Gasteiger partial charge in [-0.2, -0.15) is 0 Å². The molecule has 2 amide bonds. The van der Waals surface area contributed by atoms with Crippen molar-refractivity contribution in [1.82, 2.24) is 24.8 Å². The molecule has 3 fully saturated rings. The van der Waals surface area contributed by atoms with E-state index in [1.54, 1.807) is 39.2 Å². The first-order valence-corrected chi connectivity index (χ1v) is 15.1. The van der Waals surface area contributed by atoms with Gasteiger partial charge in [-0.15, -0.1) is 23.4 Å². The number of aliphatic hydroxyl groups excluding tert-OH is 1. The number of para-hydroxylation sites is 1. The number of benzene rings is 2. The number of nitrogens with zero attached hydrogens (tertiary/aromatic N) is 5. The van der Waals surface area contributed by atoms with Crippen molar-refractivity contribution in [2.24, 2.45) is 11.8 Å². The topological polar surface area (TPSA) is 118 Å². The largest absolute Gasteiger partial charge is 0.466 e. The molecule has 2 bridgehead atoms. The summed E-state index contributed by atoms with van der Waals surface area (Å²) in [5.41, 5.74) is 2.20. The van der Waals surface area contributed by atoms with Crippen LogP contribution in [-0.2, 0) is 25.8 Å². The lowest BCUT2D eigenvalue weighted by molar-refractivity contribution is -0.155. The molecule has 4 heterocycles. The highest BCUT2D eigenvalue weighted by molar-refractivity contribution is 8.02. The van der Waals surface area contributed by atoms with Crippen LogP contribution in [0.25, 0.3) is 11.0 Å². The number of hydrogen-bond acceptors (Lipinski definition) is 8. The van der Waals surface area contributed by atoms with E-state index < -0.39 is 39.4 Å². The summed E-state index contributed by atoms with van der Waals surface area (Å²) in [5, 5.41) is 19.2. The van der Waals surface area contributed by atoms with Gasteiger partial charge in [0, 0.05) is 11.3 Å². The molecule has 6 rings (SSSR count). The summed E-state index contributed by atoms with van der Waals surface area (Å²) in [6.45, 7) is 7.80. The second kappa shape index (κ2) is 10.9. The highest BCUT2D eigenvalue weighted by Gasteiger charge is 2.78. The van der Waals surface area contributed by atoms with Crippen molar-refractivity contribution in [2.45, 2.75) is 54.9 Å². The monoisotopic (exact) mass is 589 g/mol. The first kappa shape index (κ1) is 28.4. The zero-order valence-electron chi connectivity index (χ0n) is 23.8. The molecule has 2 unspecified atom stereocenters. The van der Waals surface area contributed by atoms with Crippen LogP contribution in [0.3, 0.4) is 0 Å². The summed E-state index contributed by atoms with van der Waals surface area (Å²) in [6.07, 6.45) is 2.91. The maximum absolute atomic E-state index is 14.8. The highest BCUT2D eigenvalue weighted by atomic mass is 32.2. The molecular formula is C31H35N5O5S. The number of hydrogen-bond donors (Lipinski definition) is 1. The molecule has 0 aliphatic carbocycles. The lowest BCUT2D eigenvalue weighted by atomic mass is 9.66. The summed E-state index contributed by atoms with van der Waals surface area (Å²) < 4.78 is 5.77. The zero-order valence-corrected chi connectivity index (χ0v) is 24.6. The van der Waals surface area contributed by atoms with Crippen molar-refractivity contribution in [3.05, 3.63) is 72.8 Å². The van der Waals surface area contributed by atoms with E-state index in [0.717, 1.165) is 11.1 Å². The maximum atomic E-state index is 14.8. The second-order valence-electron chi connectivity index (χ2n) is 11.4. The van der Waals surface area contributed by atoms with E-state index in [4.69, 9.17) is 4.74 Å². The number of aliphatic hydroxyl groups is 1. The fourth-order valence-corrected chi connectivity index (χ4v) is 9.65. The normalized spacial score (nSPS) is 28.6. The van der Waals surface area contributed by atoms with Gasteiger partial charge in [0.25, 0.3) is 0 Å². The number of amides is 2. The highest BCUT2D eigenvalue weighted by Crippen LogP contribution is 2.72. The van der Waals surface area contributed by atoms with Crippen molar-refractivity contribution in [3.8, 4) is 0 Å². The molecule has 3 aliphatic rings. The number of esters is 1. The van der Waals surface area contributed by atoms with Crippen LogP contribution in [-0.4, -0.2) is 83.0 Å². The van der Waals surface area contributed by atoms with E-state index in [0.29, 0.717) is 18.4 Å². The number of carbonyl (C=O) groups excluding carboxylic acids is 3. The first-order chi connectivity index (χ1) is 20.3. The van der Waals surface area contributed by atoms with Gasteiger partial charge in [0.05, 0.1) is 41.4 Å². The van der Waals surface area contributed by atoms with Crippen LogP contribution in [0, 0.1) is 11.8 Å². The van der Waals surface area contributed by atoms with Crippen molar-refractivity contribution in [3.63, 3.8) is 0 Å². The third kappa shape index (κ3) is 4.24. The molecule has 1 N–H and O–H groups in total. The minimum Gasteiger partial charge on any atom is -0.466 e. The minimum atomic E-state index is -0.923. The Morgan fingerprint density at radius 3 is 2.67 bits per heavy atom. The molecular weight excluding hydrogens is 554 g/mol. The Hall–Kier alpha value is -3.70. The van der Waals surface area contributed by atoms with E-state index in [9.17, 15) is 19.5 Å². The average molecular weight is 590 g/mol. The predicted molar refractivity (Wildman–Crippen MR) is 158 cm³/mol. The van der Waals surface area contributed by atoms with Gasteiger partial charge in [-0.05, 0) is 44.4 Å². The van der Waals surface area contributed by atoms with Crippen LogP contribution in [0.1, 0.15) is 38.3 Å². The van der Waals surface area contributed by atoms with Gasteiger partial charge >= 0.3 is 5.97 Å². The number of rotatable bonds is 10. The van der Waals surface area contributed by atoms with Gasteiger partial charge in [-0.25, -0.2) is 4.68 Å². The molecule has 2 aromatic carbocycles. The first-order valence-electron chi connectivity index (χ1n) is 14.3. The Morgan fingerprint density at radius 2 is 1.95 bits per heavy atom. The molecule has 42 heavy (non-hydrogen) atoms. The van der Waals surface area contributed by atoms with Crippen LogP contribution >= 0.6 is 11.8 Å².